The van der Waals surface area contributed by atoms with Gasteiger partial charge in [-0.15, -0.1) is 0 Å². The van der Waals surface area contributed by atoms with E-state index in [1.54, 1.807) is 6.92 Å². The first-order valence-corrected chi connectivity index (χ1v) is 5.76. The summed E-state index contributed by atoms with van der Waals surface area (Å²) in [6.45, 7) is 8.83. The summed E-state index contributed by atoms with van der Waals surface area (Å²) in [6.07, 6.45) is 2.61. The number of ether oxygens (including phenoxy) is 2. The maximum Gasteiger partial charge on any atom is 0.508 e. The molecule has 0 unspecified atom stereocenters. The van der Waals surface area contributed by atoms with Crippen LogP contribution in [0.1, 0.15) is 47.0 Å². The van der Waals surface area contributed by atoms with Crippen LogP contribution in [0.3, 0.4) is 0 Å². The summed E-state index contributed by atoms with van der Waals surface area (Å²) in [6, 6.07) is 0. The number of carbonyl (C=O) groups is 1. The summed E-state index contributed by atoms with van der Waals surface area (Å²) in [7, 11) is 0. The zero-order valence-corrected chi connectivity index (χ0v) is 10.2. The van der Waals surface area contributed by atoms with Crippen molar-refractivity contribution in [3.05, 3.63) is 0 Å². The molecule has 0 bridgehead atoms. The van der Waals surface area contributed by atoms with Crippen LogP contribution in [-0.4, -0.2) is 18.9 Å². The van der Waals surface area contributed by atoms with E-state index in [1.807, 2.05) is 0 Å². The van der Waals surface area contributed by atoms with E-state index in [9.17, 15) is 4.79 Å². The minimum atomic E-state index is -0.521. The molecule has 1 aliphatic rings. The molecule has 88 valence electrons. The van der Waals surface area contributed by atoms with Crippen molar-refractivity contribution in [1.29, 1.82) is 0 Å². The standard InChI is InChI=1S/C12H22O3/c1-5-14-11(13)15-10-6-9(2)7-12(3,4)8-10/h9-10H,5-8H2,1-4H3/t9-,10-/m0/s1. The lowest BCUT2D eigenvalue weighted by Crippen LogP contribution is -2.34. The summed E-state index contributed by atoms with van der Waals surface area (Å²) in [5, 5.41) is 0. The summed E-state index contributed by atoms with van der Waals surface area (Å²) in [5.74, 6) is 0.619. The van der Waals surface area contributed by atoms with Gasteiger partial charge < -0.3 is 9.47 Å². The quantitative estimate of drug-likeness (QED) is 0.661. The highest BCUT2D eigenvalue weighted by Gasteiger charge is 2.34. The summed E-state index contributed by atoms with van der Waals surface area (Å²) < 4.78 is 10.1. The average Bonchev–Trinajstić information content (AvgIpc) is 1.99. The van der Waals surface area contributed by atoms with Crippen molar-refractivity contribution < 1.29 is 14.3 Å². The minimum absolute atomic E-state index is 0.0304. The molecule has 0 aromatic heterocycles. The van der Waals surface area contributed by atoms with Crippen LogP contribution in [0.25, 0.3) is 0 Å². The number of hydrogen-bond donors (Lipinski definition) is 0. The summed E-state index contributed by atoms with van der Waals surface area (Å²) in [4.78, 5) is 11.2. The molecule has 1 fully saturated rings. The van der Waals surface area contributed by atoms with Crippen LogP contribution in [0.4, 0.5) is 4.79 Å². The zero-order chi connectivity index (χ0) is 11.5. The second-order valence-corrected chi connectivity index (χ2v) is 5.34. The van der Waals surface area contributed by atoms with E-state index in [0.29, 0.717) is 12.5 Å². The normalized spacial score (nSPS) is 29.6. The van der Waals surface area contributed by atoms with Crippen molar-refractivity contribution in [2.75, 3.05) is 6.61 Å². The highest BCUT2D eigenvalue weighted by Crippen LogP contribution is 2.39. The molecule has 3 nitrogen and oxygen atoms in total. The van der Waals surface area contributed by atoms with Crippen LogP contribution in [0.5, 0.6) is 0 Å². The van der Waals surface area contributed by atoms with Crippen LogP contribution in [0, 0.1) is 11.3 Å². The van der Waals surface area contributed by atoms with Crippen LogP contribution in [-0.2, 0) is 9.47 Å². The van der Waals surface area contributed by atoms with E-state index in [1.165, 1.54) is 6.42 Å². The molecule has 0 aromatic rings. The Balaban J connectivity index is 2.45. The fourth-order valence-corrected chi connectivity index (χ4v) is 2.64. The molecule has 0 amide bonds. The van der Waals surface area contributed by atoms with Crippen molar-refractivity contribution in [1.82, 2.24) is 0 Å². The Morgan fingerprint density at radius 2 is 2.07 bits per heavy atom. The molecule has 0 spiro atoms. The first-order chi connectivity index (χ1) is 6.93. The van der Waals surface area contributed by atoms with Gasteiger partial charge in [-0.1, -0.05) is 20.8 Å². The first-order valence-electron chi connectivity index (χ1n) is 5.76. The maximum atomic E-state index is 11.2. The van der Waals surface area contributed by atoms with E-state index in [2.05, 4.69) is 20.8 Å². The van der Waals surface area contributed by atoms with E-state index in [0.717, 1.165) is 12.8 Å². The average molecular weight is 214 g/mol. The van der Waals surface area contributed by atoms with Crippen LogP contribution in [0.15, 0.2) is 0 Å². The predicted molar refractivity (Wildman–Crippen MR) is 58.7 cm³/mol. The van der Waals surface area contributed by atoms with Crippen molar-refractivity contribution in [3.63, 3.8) is 0 Å². The topological polar surface area (TPSA) is 35.5 Å². The van der Waals surface area contributed by atoms with Crippen molar-refractivity contribution in [2.45, 2.75) is 53.1 Å². The second kappa shape index (κ2) is 4.86. The molecule has 0 N–H and O–H groups in total. The van der Waals surface area contributed by atoms with Crippen molar-refractivity contribution >= 4 is 6.16 Å². The van der Waals surface area contributed by atoms with Crippen molar-refractivity contribution in [3.8, 4) is 0 Å². The molecule has 15 heavy (non-hydrogen) atoms. The van der Waals surface area contributed by atoms with E-state index >= 15 is 0 Å². The van der Waals surface area contributed by atoms with Gasteiger partial charge in [0.05, 0.1) is 6.61 Å². The van der Waals surface area contributed by atoms with E-state index in [-0.39, 0.29) is 11.5 Å². The Labute approximate surface area is 92.1 Å². The van der Waals surface area contributed by atoms with Gasteiger partial charge in [0.1, 0.15) is 6.10 Å². The molecule has 1 saturated carbocycles. The third kappa shape index (κ3) is 4.10. The zero-order valence-electron chi connectivity index (χ0n) is 10.2. The molecule has 0 aromatic carbocycles. The monoisotopic (exact) mass is 214 g/mol. The van der Waals surface area contributed by atoms with Gasteiger partial charge in [-0.2, -0.15) is 0 Å². The number of rotatable bonds is 2. The lowest BCUT2D eigenvalue weighted by Gasteiger charge is -2.38. The number of carbonyl (C=O) groups excluding carboxylic acids is 1. The Kier molecular flexibility index (Phi) is 4.00. The lowest BCUT2D eigenvalue weighted by atomic mass is 9.71. The Morgan fingerprint density at radius 3 is 2.60 bits per heavy atom. The maximum absolute atomic E-state index is 11.2. The smallest absolute Gasteiger partial charge is 0.435 e. The fourth-order valence-electron chi connectivity index (χ4n) is 2.64. The molecular formula is C12H22O3. The fraction of sp³-hybridized carbons (Fsp3) is 0.917. The van der Waals surface area contributed by atoms with Gasteiger partial charge in [-0.3, -0.25) is 0 Å². The van der Waals surface area contributed by atoms with Crippen LogP contribution in [0.2, 0.25) is 0 Å². The van der Waals surface area contributed by atoms with Crippen LogP contribution < -0.4 is 0 Å². The minimum Gasteiger partial charge on any atom is -0.435 e. The Bertz CT molecular complexity index is 223. The highest BCUT2D eigenvalue weighted by atomic mass is 16.7. The first kappa shape index (κ1) is 12.3. The Hall–Kier alpha value is -0.730. The molecule has 3 heteroatoms. The van der Waals surface area contributed by atoms with Gasteiger partial charge in [0.2, 0.25) is 0 Å². The van der Waals surface area contributed by atoms with Crippen molar-refractivity contribution in [2.24, 2.45) is 11.3 Å². The predicted octanol–water partition coefficient (Wildman–Crippen LogP) is 3.37. The summed E-state index contributed by atoms with van der Waals surface area (Å²) >= 11 is 0. The molecule has 0 radical (unpaired) electrons. The molecule has 1 aliphatic carbocycles. The molecule has 1 rings (SSSR count). The van der Waals surface area contributed by atoms with Gasteiger partial charge in [-0.25, -0.2) is 4.79 Å². The molecule has 0 heterocycles. The van der Waals surface area contributed by atoms with Crippen LogP contribution >= 0.6 is 0 Å². The third-order valence-electron chi connectivity index (χ3n) is 2.87. The molecule has 0 saturated heterocycles. The lowest BCUT2D eigenvalue weighted by molar-refractivity contribution is -0.0187. The SMILES string of the molecule is CCOC(=O)O[C@H]1C[C@H](C)CC(C)(C)C1. The van der Waals surface area contributed by atoms with Gasteiger partial charge in [-0.05, 0) is 37.5 Å². The summed E-state index contributed by atoms with van der Waals surface area (Å²) in [5.41, 5.74) is 0.273. The number of hydrogen-bond acceptors (Lipinski definition) is 3. The van der Waals surface area contributed by atoms with Gasteiger partial charge in [0, 0.05) is 0 Å². The Morgan fingerprint density at radius 1 is 1.40 bits per heavy atom. The molecule has 2 atom stereocenters. The van der Waals surface area contributed by atoms with Gasteiger partial charge >= 0.3 is 6.16 Å². The largest absolute Gasteiger partial charge is 0.508 e. The highest BCUT2D eigenvalue weighted by molar-refractivity contribution is 5.60. The van der Waals surface area contributed by atoms with Gasteiger partial charge in [0.15, 0.2) is 0 Å². The third-order valence-corrected chi connectivity index (χ3v) is 2.87. The van der Waals surface area contributed by atoms with E-state index in [4.69, 9.17) is 9.47 Å². The van der Waals surface area contributed by atoms with Gasteiger partial charge in [0.25, 0.3) is 0 Å². The van der Waals surface area contributed by atoms with E-state index < -0.39 is 6.16 Å². The molecule has 0 aliphatic heterocycles. The second-order valence-electron chi connectivity index (χ2n) is 5.34. The molecular weight excluding hydrogens is 192 g/mol.